The van der Waals surface area contributed by atoms with Crippen molar-refractivity contribution in [3.63, 3.8) is 0 Å². The first kappa shape index (κ1) is 11.9. The van der Waals surface area contributed by atoms with Crippen molar-refractivity contribution < 1.29 is 9.32 Å². The molecule has 3 atom stereocenters. The highest BCUT2D eigenvalue weighted by molar-refractivity contribution is 5.86. The Balaban J connectivity index is 1.72. The summed E-state index contributed by atoms with van der Waals surface area (Å²) >= 11 is 0. The van der Waals surface area contributed by atoms with E-state index in [-0.39, 0.29) is 11.7 Å². The molecule has 0 aromatic carbocycles. The maximum absolute atomic E-state index is 11.7. The van der Waals surface area contributed by atoms with E-state index in [4.69, 9.17) is 4.52 Å². The molecule has 3 unspecified atom stereocenters. The Labute approximate surface area is 107 Å². The van der Waals surface area contributed by atoms with E-state index in [0.717, 1.165) is 31.0 Å². The Bertz CT molecular complexity index is 441. The summed E-state index contributed by atoms with van der Waals surface area (Å²) in [6, 6.07) is 0. The number of carbonyl (C=O) groups is 1. The molecule has 2 aliphatic carbocycles. The van der Waals surface area contributed by atoms with Crippen LogP contribution in [-0.4, -0.2) is 15.9 Å². The summed E-state index contributed by atoms with van der Waals surface area (Å²) in [5, 5.41) is 4.11. The Hall–Kier alpha value is -1.19. The van der Waals surface area contributed by atoms with Crippen molar-refractivity contribution in [1.82, 2.24) is 10.1 Å². The lowest BCUT2D eigenvalue weighted by atomic mass is 10.0. The maximum Gasteiger partial charge on any atom is 0.237 e. The third-order valence-corrected chi connectivity index (χ3v) is 4.54. The fourth-order valence-electron chi connectivity index (χ4n) is 3.31. The summed E-state index contributed by atoms with van der Waals surface area (Å²) in [5.74, 6) is 2.81. The van der Waals surface area contributed by atoms with Crippen LogP contribution in [0, 0.1) is 5.92 Å². The van der Waals surface area contributed by atoms with Gasteiger partial charge in [0.15, 0.2) is 5.82 Å². The zero-order valence-corrected chi connectivity index (χ0v) is 10.9. The first-order valence-electron chi connectivity index (χ1n) is 7.14. The van der Waals surface area contributed by atoms with Crippen LogP contribution >= 0.6 is 0 Å². The van der Waals surface area contributed by atoms with Crippen LogP contribution in [0.1, 0.15) is 75.4 Å². The maximum atomic E-state index is 11.7. The number of hydrogen-bond donors (Lipinski definition) is 0. The average molecular weight is 248 g/mol. The van der Waals surface area contributed by atoms with E-state index in [2.05, 4.69) is 17.1 Å². The van der Waals surface area contributed by atoms with Crippen LogP contribution in [0.4, 0.5) is 0 Å². The second-order valence-corrected chi connectivity index (χ2v) is 5.69. The van der Waals surface area contributed by atoms with E-state index in [1.165, 1.54) is 19.3 Å². The van der Waals surface area contributed by atoms with Gasteiger partial charge in [-0.1, -0.05) is 18.5 Å². The summed E-state index contributed by atoms with van der Waals surface area (Å²) in [5.41, 5.74) is 0. The van der Waals surface area contributed by atoms with Crippen LogP contribution in [0.3, 0.4) is 0 Å². The number of nitrogens with zero attached hydrogens (tertiary/aromatic N) is 2. The van der Waals surface area contributed by atoms with Gasteiger partial charge >= 0.3 is 0 Å². The minimum Gasteiger partial charge on any atom is -0.339 e. The number of hydrogen-bond acceptors (Lipinski definition) is 4. The molecular weight excluding hydrogens is 228 g/mol. The molecule has 0 aliphatic heterocycles. The number of rotatable bonds is 3. The predicted octanol–water partition coefficient (Wildman–Crippen LogP) is 3.20. The Morgan fingerprint density at radius 3 is 2.89 bits per heavy atom. The largest absolute Gasteiger partial charge is 0.339 e. The molecule has 0 spiro atoms. The highest BCUT2D eigenvalue weighted by atomic mass is 16.5. The molecule has 0 N–H and O–H groups in total. The van der Waals surface area contributed by atoms with Crippen LogP contribution in [0.5, 0.6) is 0 Å². The molecule has 0 bridgehead atoms. The smallest absolute Gasteiger partial charge is 0.237 e. The first-order chi connectivity index (χ1) is 8.78. The van der Waals surface area contributed by atoms with E-state index < -0.39 is 0 Å². The summed E-state index contributed by atoms with van der Waals surface area (Å²) in [6.45, 7) is 2.24. The highest BCUT2D eigenvalue weighted by Crippen LogP contribution is 2.39. The number of aromatic nitrogens is 2. The topological polar surface area (TPSA) is 56.0 Å². The monoisotopic (exact) mass is 248 g/mol. The molecule has 2 saturated carbocycles. The van der Waals surface area contributed by atoms with Gasteiger partial charge in [0.05, 0.1) is 5.92 Å². The minimum absolute atomic E-state index is 0.116. The SMILES string of the molecule is CCC1CCC(c2noc(C3CCCC3=O)n2)C1. The number of ketones is 1. The van der Waals surface area contributed by atoms with Crippen LogP contribution < -0.4 is 0 Å². The molecule has 1 aromatic heterocycles. The van der Waals surface area contributed by atoms with E-state index in [0.29, 0.717) is 18.2 Å². The lowest BCUT2D eigenvalue weighted by Gasteiger charge is -2.04. The second kappa shape index (κ2) is 4.82. The van der Waals surface area contributed by atoms with Gasteiger partial charge in [0.1, 0.15) is 5.78 Å². The van der Waals surface area contributed by atoms with Crippen molar-refractivity contribution >= 4 is 5.78 Å². The van der Waals surface area contributed by atoms with Crippen molar-refractivity contribution in [2.75, 3.05) is 0 Å². The van der Waals surface area contributed by atoms with Gasteiger partial charge in [0.2, 0.25) is 5.89 Å². The summed E-state index contributed by atoms with van der Waals surface area (Å²) < 4.78 is 5.32. The van der Waals surface area contributed by atoms with Gasteiger partial charge < -0.3 is 4.52 Å². The minimum atomic E-state index is -0.116. The summed E-state index contributed by atoms with van der Waals surface area (Å²) in [6.07, 6.45) is 7.36. The zero-order valence-electron chi connectivity index (χ0n) is 10.9. The van der Waals surface area contributed by atoms with E-state index in [1.54, 1.807) is 0 Å². The summed E-state index contributed by atoms with van der Waals surface area (Å²) in [4.78, 5) is 16.2. The van der Waals surface area contributed by atoms with Crippen molar-refractivity contribution in [1.29, 1.82) is 0 Å². The van der Waals surface area contributed by atoms with Crippen LogP contribution in [0.2, 0.25) is 0 Å². The fourth-order valence-corrected chi connectivity index (χ4v) is 3.31. The predicted molar refractivity (Wildman–Crippen MR) is 66.3 cm³/mol. The molecule has 0 amide bonds. The van der Waals surface area contributed by atoms with Crippen LogP contribution in [0.25, 0.3) is 0 Å². The van der Waals surface area contributed by atoms with Gasteiger partial charge in [0, 0.05) is 12.3 Å². The van der Waals surface area contributed by atoms with E-state index in [9.17, 15) is 4.79 Å². The van der Waals surface area contributed by atoms with Crippen molar-refractivity contribution in [3.8, 4) is 0 Å². The van der Waals surface area contributed by atoms with Crippen LogP contribution in [-0.2, 0) is 4.79 Å². The standard InChI is InChI=1S/C14H20N2O2/c1-2-9-6-7-10(8-9)13-15-14(18-16-13)11-4-3-5-12(11)17/h9-11H,2-8H2,1H3. The quantitative estimate of drug-likeness (QED) is 0.824. The molecule has 4 heteroatoms. The Morgan fingerprint density at radius 2 is 2.22 bits per heavy atom. The van der Waals surface area contributed by atoms with Crippen molar-refractivity contribution in [3.05, 3.63) is 11.7 Å². The van der Waals surface area contributed by atoms with Gasteiger partial charge in [-0.2, -0.15) is 4.98 Å². The average Bonchev–Trinajstić information content (AvgIpc) is 3.07. The molecule has 2 aliphatic rings. The molecule has 1 aromatic rings. The first-order valence-corrected chi connectivity index (χ1v) is 7.14. The fraction of sp³-hybridized carbons (Fsp3) is 0.786. The second-order valence-electron chi connectivity index (χ2n) is 5.69. The van der Waals surface area contributed by atoms with Gasteiger partial charge in [-0.3, -0.25) is 4.79 Å². The van der Waals surface area contributed by atoms with E-state index in [1.807, 2.05) is 0 Å². The van der Waals surface area contributed by atoms with Crippen molar-refractivity contribution in [2.45, 2.75) is 63.7 Å². The molecular formula is C14H20N2O2. The molecule has 0 saturated heterocycles. The molecule has 18 heavy (non-hydrogen) atoms. The molecule has 0 radical (unpaired) electrons. The van der Waals surface area contributed by atoms with Gasteiger partial charge in [-0.05, 0) is 38.0 Å². The normalized spacial score (nSPS) is 32.3. The van der Waals surface area contributed by atoms with Gasteiger partial charge in [-0.15, -0.1) is 0 Å². The summed E-state index contributed by atoms with van der Waals surface area (Å²) in [7, 11) is 0. The van der Waals surface area contributed by atoms with Crippen LogP contribution in [0.15, 0.2) is 4.52 Å². The van der Waals surface area contributed by atoms with Gasteiger partial charge in [0.25, 0.3) is 0 Å². The number of carbonyl (C=O) groups excluding carboxylic acids is 1. The lowest BCUT2D eigenvalue weighted by molar-refractivity contribution is -0.119. The molecule has 1 heterocycles. The molecule has 4 nitrogen and oxygen atoms in total. The molecule has 3 rings (SSSR count). The molecule has 2 fully saturated rings. The Morgan fingerprint density at radius 1 is 1.33 bits per heavy atom. The number of Topliss-reactive ketones (excluding diaryl/α,β-unsaturated/α-hetero) is 1. The molecule has 98 valence electrons. The van der Waals surface area contributed by atoms with E-state index >= 15 is 0 Å². The third kappa shape index (κ3) is 2.08. The zero-order chi connectivity index (χ0) is 12.5. The highest BCUT2D eigenvalue weighted by Gasteiger charge is 2.33. The third-order valence-electron chi connectivity index (χ3n) is 4.54. The Kier molecular flexibility index (Phi) is 3.18. The van der Waals surface area contributed by atoms with Gasteiger partial charge in [-0.25, -0.2) is 0 Å². The lowest BCUT2D eigenvalue weighted by Crippen LogP contribution is -2.05. The van der Waals surface area contributed by atoms with Crippen molar-refractivity contribution in [2.24, 2.45) is 5.92 Å².